The van der Waals surface area contributed by atoms with Crippen LogP contribution in [0.3, 0.4) is 0 Å². The molecule has 2 N–H and O–H groups in total. The molecule has 2 aliphatic carbocycles. The van der Waals surface area contributed by atoms with Crippen molar-refractivity contribution in [2.24, 2.45) is 5.92 Å². The molecule has 0 heterocycles. The molecule has 0 bridgehead atoms. The minimum absolute atomic E-state index is 0.0238. The first-order valence-corrected chi connectivity index (χ1v) is 8.19. The lowest BCUT2D eigenvalue weighted by Crippen LogP contribution is -2.56. The predicted molar refractivity (Wildman–Crippen MR) is 79.0 cm³/mol. The molecule has 120 valence electrons. The van der Waals surface area contributed by atoms with Gasteiger partial charge in [0.1, 0.15) is 12.1 Å². The van der Waals surface area contributed by atoms with E-state index in [0.29, 0.717) is 18.8 Å². The largest absolute Gasteiger partial charge is 0.480 e. The monoisotopic (exact) mass is 297 g/mol. The highest BCUT2D eigenvalue weighted by Gasteiger charge is 2.41. The van der Waals surface area contributed by atoms with E-state index in [-0.39, 0.29) is 18.6 Å². The summed E-state index contributed by atoms with van der Waals surface area (Å²) in [7, 11) is 0. The molecule has 2 rings (SSSR count). The van der Waals surface area contributed by atoms with Crippen molar-refractivity contribution in [2.45, 2.75) is 76.4 Å². The van der Waals surface area contributed by atoms with Crippen LogP contribution in [0.1, 0.15) is 64.7 Å². The Balaban J connectivity index is 1.83. The Kier molecular flexibility index (Phi) is 5.62. The maximum atomic E-state index is 12.1. The molecule has 2 aliphatic rings. The molecule has 0 saturated heterocycles. The summed E-state index contributed by atoms with van der Waals surface area (Å²) in [5.41, 5.74) is -1.07. The Bertz CT molecular complexity index is 376. The summed E-state index contributed by atoms with van der Waals surface area (Å²) in [4.78, 5) is 23.6. The summed E-state index contributed by atoms with van der Waals surface area (Å²) < 4.78 is 5.72. The smallest absolute Gasteiger partial charge is 0.329 e. The van der Waals surface area contributed by atoms with Crippen molar-refractivity contribution in [1.29, 1.82) is 0 Å². The van der Waals surface area contributed by atoms with E-state index in [2.05, 4.69) is 12.2 Å². The Labute approximate surface area is 126 Å². The third kappa shape index (κ3) is 4.19. The summed E-state index contributed by atoms with van der Waals surface area (Å²) in [6.45, 7) is 2.13. The highest BCUT2D eigenvalue weighted by Crippen LogP contribution is 2.29. The van der Waals surface area contributed by atoms with Gasteiger partial charge in [-0.25, -0.2) is 4.79 Å². The Morgan fingerprint density at radius 1 is 1.14 bits per heavy atom. The van der Waals surface area contributed by atoms with Gasteiger partial charge in [0.25, 0.3) is 0 Å². The second-order valence-electron chi connectivity index (χ2n) is 6.61. The molecule has 0 aromatic heterocycles. The molecule has 0 radical (unpaired) electrons. The third-order valence-corrected chi connectivity index (χ3v) is 4.96. The van der Waals surface area contributed by atoms with E-state index in [0.717, 1.165) is 38.5 Å². The van der Waals surface area contributed by atoms with E-state index in [9.17, 15) is 14.7 Å². The van der Waals surface area contributed by atoms with Gasteiger partial charge < -0.3 is 15.2 Å². The van der Waals surface area contributed by atoms with Crippen LogP contribution in [0.25, 0.3) is 0 Å². The Morgan fingerprint density at radius 2 is 1.81 bits per heavy atom. The van der Waals surface area contributed by atoms with Crippen LogP contribution in [-0.4, -0.2) is 35.2 Å². The summed E-state index contributed by atoms with van der Waals surface area (Å²) >= 11 is 0. The summed E-state index contributed by atoms with van der Waals surface area (Å²) in [6.07, 6.45) is 8.45. The van der Waals surface area contributed by atoms with E-state index < -0.39 is 11.5 Å². The van der Waals surface area contributed by atoms with Crippen molar-refractivity contribution in [3.63, 3.8) is 0 Å². The number of carboxylic acids is 1. The number of ether oxygens (including phenoxy) is 1. The SMILES string of the molecule is CC1CCCCC1OCC(=O)NC1(C(=O)O)CCCCC1. The zero-order valence-corrected chi connectivity index (χ0v) is 12.9. The van der Waals surface area contributed by atoms with Crippen LogP contribution in [-0.2, 0) is 14.3 Å². The lowest BCUT2D eigenvalue weighted by atomic mass is 9.81. The molecule has 2 atom stereocenters. The highest BCUT2D eigenvalue weighted by molar-refractivity contribution is 5.87. The van der Waals surface area contributed by atoms with Crippen molar-refractivity contribution < 1.29 is 19.4 Å². The zero-order valence-electron chi connectivity index (χ0n) is 12.9. The van der Waals surface area contributed by atoms with E-state index in [1.54, 1.807) is 0 Å². The number of carbonyl (C=O) groups is 2. The zero-order chi connectivity index (χ0) is 15.3. The van der Waals surface area contributed by atoms with Crippen molar-refractivity contribution in [3.05, 3.63) is 0 Å². The molecule has 0 aromatic rings. The predicted octanol–water partition coefficient (Wildman–Crippen LogP) is 2.49. The number of hydrogen-bond donors (Lipinski definition) is 2. The van der Waals surface area contributed by atoms with Gasteiger partial charge in [-0.05, 0) is 31.6 Å². The van der Waals surface area contributed by atoms with Gasteiger partial charge in [0, 0.05) is 0 Å². The molecule has 0 aromatic carbocycles. The summed E-state index contributed by atoms with van der Waals surface area (Å²) in [5.74, 6) is -0.728. The first kappa shape index (κ1) is 16.3. The maximum absolute atomic E-state index is 12.1. The van der Waals surface area contributed by atoms with Gasteiger partial charge in [-0.1, -0.05) is 39.0 Å². The van der Waals surface area contributed by atoms with Crippen molar-refractivity contribution in [2.75, 3.05) is 6.61 Å². The van der Waals surface area contributed by atoms with E-state index >= 15 is 0 Å². The molecule has 1 amide bonds. The van der Waals surface area contributed by atoms with Gasteiger partial charge in [-0.3, -0.25) is 4.79 Å². The van der Waals surface area contributed by atoms with Gasteiger partial charge >= 0.3 is 5.97 Å². The van der Waals surface area contributed by atoms with Gasteiger partial charge in [0.2, 0.25) is 5.91 Å². The lowest BCUT2D eigenvalue weighted by molar-refractivity contribution is -0.150. The van der Waals surface area contributed by atoms with Crippen molar-refractivity contribution in [1.82, 2.24) is 5.32 Å². The van der Waals surface area contributed by atoms with E-state index in [1.165, 1.54) is 6.42 Å². The maximum Gasteiger partial charge on any atom is 0.329 e. The first-order chi connectivity index (χ1) is 10.0. The fourth-order valence-corrected chi connectivity index (χ4v) is 3.56. The second-order valence-corrected chi connectivity index (χ2v) is 6.61. The number of carbonyl (C=O) groups excluding carboxylic acids is 1. The number of rotatable bonds is 5. The molecule has 0 aliphatic heterocycles. The number of amides is 1. The average Bonchev–Trinajstić information content (AvgIpc) is 2.47. The molecule has 0 spiro atoms. The normalized spacial score (nSPS) is 28.8. The lowest BCUT2D eigenvalue weighted by Gasteiger charge is -2.34. The molecule has 2 unspecified atom stereocenters. The minimum Gasteiger partial charge on any atom is -0.480 e. The molecular weight excluding hydrogens is 270 g/mol. The summed E-state index contributed by atoms with van der Waals surface area (Å²) in [5, 5.41) is 12.2. The standard InChI is InChI=1S/C16H27NO4/c1-12-7-3-4-8-13(12)21-11-14(18)17-16(15(19)20)9-5-2-6-10-16/h12-13H,2-11H2,1H3,(H,17,18)(H,19,20). The van der Waals surface area contributed by atoms with Crippen LogP contribution in [0.4, 0.5) is 0 Å². The summed E-state index contributed by atoms with van der Waals surface area (Å²) in [6, 6.07) is 0. The molecule has 21 heavy (non-hydrogen) atoms. The van der Waals surface area contributed by atoms with E-state index in [1.807, 2.05) is 0 Å². The molecule has 5 heteroatoms. The average molecular weight is 297 g/mol. The van der Waals surface area contributed by atoms with Gasteiger partial charge in [0.15, 0.2) is 0 Å². The molecular formula is C16H27NO4. The molecule has 2 fully saturated rings. The second kappa shape index (κ2) is 7.25. The molecule has 5 nitrogen and oxygen atoms in total. The minimum atomic E-state index is -1.07. The van der Waals surface area contributed by atoms with Crippen molar-refractivity contribution in [3.8, 4) is 0 Å². The molecule has 2 saturated carbocycles. The van der Waals surface area contributed by atoms with Gasteiger partial charge in [-0.2, -0.15) is 0 Å². The first-order valence-electron chi connectivity index (χ1n) is 8.19. The number of aliphatic carboxylic acids is 1. The fourth-order valence-electron chi connectivity index (χ4n) is 3.56. The highest BCUT2D eigenvalue weighted by atomic mass is 16.5. The van der Waals surface area contributed by atoms with Crippen LogP contribution >= 0.6 is 0 Å². The van der Waals surface area contributed by atoms with Crippen LogP contribution in [0.15, 0.2) is 0 Å². The Morgan fingerprint density at radius 3 is 2.43 bits per heavy atom. The van der Waals surface area contributed by atoms with Crippen molar-refractivity contribution >= 4 is 11.9 Å². The quantitative estimate of drug-likeness (QED) is 0.817. The van der Waals surface area contributed by atoms with Gasteiger partial charge in [0.05, 0.1) is 6.10 Å². The van der Waals surface area contributed by atoms with Gasteiger partial charge in [-0.15, -0.1) is 0 Å². The number of nitrogens with one attached hydrogen (secondary N) is 1. The van der Waals surface area contributed by atoms with Crippen LogP contribution < -0.4 is 5.32 Å². The third-order valence-electron chi connectivity index (χ3n) is 4.96. The number of hydrogen-bond acceptors (Lipinski definition) is 3. The Hall–Kier alpha value is -1.10. The van der Waals surface area contributed by atoms with Crippen LogP contribution in [0.5, 0.6) is 0 Å². The topological polar surface area (TPSA) is 75.6 Å². The fraction of sp³-hybridized carbons (Fsp3) is 0.875. The van der Waals surface area contributed by atoms with Crippen LogP contribution in [0, 0.1) is 5.92 Å². The van der Waals surface area contributed by atoms with E-state index in [4.69, 9.17) is 4.74 Å². The van der Waals surface area contributed by atoms with Crippen LogP contribution in [0.2, 0.25) is 0 Å². The number of carboxylic acid groups (broad SMARTS) is 1.